The maximum atomic E-state index is 5.71. The van der Waals surface area contributed by atoms with Crippen molar-refractivity contribution in [3.05, 3.63) is 0 Å². The van der Waals surface area contributed by atoms with Gasteiger partial charge in [-0.05, 0) is 31.7 Å². The summed E-state index contributed by atoms with van der Waals surface area (Å²) in [4.78, 5) is 0. The highest BCUT2D eigenvalue weighted by molar-refractivity contribution is 4.85. The number of hydrogen-bond acceptors (Lipinski definition) is 2. The summed E-state index contributed by atoms with van der Waals surface area (Å²) in [7, 11) is 0. The van der Waals surface area contributed by atoms with Crippen molar-refractivity contribution in [2.75, 3.05) is 13.2 Å². The van der Waals surface area contributed by atoms with Gasteiger partial charge >= 0.3 is 0 Å². The van der Waals surface area contributed by atoms with Crippen molar-refractivity contribution in [2.45, 2.75) is 52.2 Å². The smallest absolute Gasteiger partial charge is 0.0605 e. The zero-order valence-corrected chi connectivity index (χ0v) is 9.18. The summed E-state index contributed by atoms with van der Waals surface area (Å²) in [5.74, 6) is 0.669. The maximum absolute atomic E-state index is 5.71. The Morgan fingerprint density at radius 1 is 1.38 bits per heavy atom. The minimum Gasteiger partial charge on any atom is -0.378 e. The molecule has 2 nitrogen and oxygen atoms in total. The second kappa shape index (κ2) is 5.61. The van der Waals surface area contributed by atoms with Crippen LogP contribution in [0, 0.1) is 5.92 Å². The summed E-state index contributed by atoms with van der Waals surface area (Å²) in [6, 6.07) is 0.733. The van der Waals surface area contributed by atoms with Crippen LogP contribution in [0.1, 0.15) is 40.0 Å². The van der Waals surface area contributed by atoms with Gasteiger partial charge in [0.05, 0.1) is 6.10 Å². The minimum atomic E-state index is 0.539. The first-order valence-electron chi connectivity index (χ1n) is 5.57. The fourth-order valence-electron chi connectivity index (χ4n) is 1.55. The molecule has 1 saturated carbocycles. The molecule has 1 fully saturated rings. The molecule has 13 heavy (non-hydrogen) atoms. The van der Waals surface area contributed by atoms with Crippen molar-refractivity contribution in [1.29, 1.82) is 0 Å². The van der Waals surface area contributed by atoms with E-state index >= 15 is 0 Å². The molecule has 1 aliphatic carbocycles. The lowest BCUT2D eigenvalue weighted by Crippen LogP contribution is -2.45. The van der Waals surface area contributed by atoms with Gasteiger partial charge < -0.3 is 10.1 Å². The summed E-state index contributed by atoms with van der Waals surface area (Å²) in [5, 5.41) is 3.51. The molecule has 0 aromatic heterocycles. The molecule has 0 radical (unpaired) electrons. The number of nitrogens with one attached hydrogen (secondary N) is 1. The van der Waals surface area contributed by atoms with Crippen molar-refractivity contribution in [3.63, 3.8) is 0 Å². The summed E-state index contributed by atoms with van der Waals surface area (Å²) < 4.78 is 5.71. The fourth-order valence-corrected chi connectivity index (χ4v) is 1.55. The summed E-state index contributed by atoms with van der Waals surface area (Å²) in [6.45, 7) is 8.68. The maximum Gasteiger partial charge on any atom is 0.0605 e. The predicted molar refractivity (Wildman–Crippen MR) is 55.9 cm³/mol. The van der Waals surface area contributed by atoms with E-state index in [1.54, 1.807) is 0 Å². The second-order valence-corrected chi connectivity index (χ2v) is 4.47. The first-order valence-corrected chi connectivity index (χ1v) is 5.57. The van der Waals surface area contributed by atoms with Crippen LogP contribution in [0.2, 0.25) is 0 Å². The molecule has 0 aromatic carbocycles. The van der Waals surface area contributed by atoms with Crippen LogP contribution in [0.3, 0.4) is 0 Å². The van der Waals surface area contributed by atoms with Gasteiger partial charge in [0.25, 0.3) is 0 Å². The summed E-state index contributed by atoms with van der Waals surface area (Å²) >= 11 is 0. The van der Waals surface area contributed by atoms with Gasteiger partial charge in [-0.15, -0.1) is 0 Å². The highest BCUT2D eigenvalue weighted by Crippen LogP contribution is 2.23. The Bertz CT molecular complexity index is 130. The molecule has 0 bridgehead atoms. The van der Waals surface area contributed by atoms with E-state index in [0.29, 0.717) is 12.0 Å². The lowest BCUT2D eigenvalue weighted by Gasteiger charge is -2.36. The van der Waals surface area contributed by atoms with E-state index in [0.717, 1.165) is 19.2 Å². The van der Waals surface area contributed by atoms with Gasteiger partial charge in [0, 0.05) is 12.6 Å². The Balaban J connectivity index is 1.92. The Labute approximate surface area is 82.0 Å². The summed E-state index contributed by atoms with van der Waals surface area (Å²) in [5.41, 5.74) is 0. The third-order valence-corrected chi connectivity index (χ3v) is 2.44. The number of hydrogen-bond donors (Lipinski definition) is 1. The molecule has 0 heterocycles. The van der Waals surface area contributed by atoms with Crippen LogP contribution < -0.4 is 5.32 Å². The van der Waals surface area contributed by atoms with E-state index in [9.17, 15) is 0 Å². The van der Waals surface area contributed by atoms with E-state index < -0.39 is 0 Å². The molecule has 0 spiro atoms. The van der Waals surface area contributed by atoms with Crippen molar-refractivity contribution in [2.24, 2.45) is 5.92 Å². The van der Waals surface area contributed by atoms with E-state index in [1.165, 1.54) is 19.3 Å². The van der Waals surface area contributed by atoms with E-state index in [-0.39, 0.29) is 0 Å². The molecule has 2 heteroatoms. The Morgan fingerprint density at radius 2 is 2.08 bits per heavy atom. The van der Waals surface area contributed by atoms with Crippen LogP contribution in [0.25, 0.3) is 0 Å². The highest BCUT2D eigenvalue weighted by Gasteiger charge is 2.28. The van der Waals surface area contributed by atoms with E-state index in [2.05, 4.69) is 26.1 Å². The van der Waals surface area contributed by atoms with E-state index in [4.69, 9.17) is 4.74 Å². The molecular weight excluding hydrogens is 162 g/mol. The molecule has 78 valence electrons. The van der Waals surface area contributed by atoms with Gasteiger partial charge in [-0.2, -0.15) is 0 Å². The van der Waals surface area contributed by atoms with Crippen molar-refractivity contribution >= 4 is 0 Å². The first-order chi connectivity index (χ1) is 6.22. The molecule has 1 N–H and O–H groups in total. The summed E-state index contributed by atoms with van der Waals surface area (Å²) in [6.07, 6.45) is 4.20. The van der Waals surface area contributed by atoms with Crippen LogP contribution in [-0.2, 0) is 4.74 Å². The lowest BCUT2D eigenvalue weighted by molar-refractivity contribution is -0.0275. The Morgan fingerprint density at radius 3 is 2.62 bits per heavy atom. The van der Waals surface area contributed by atoms with Crippen LogP contribution in [0.4, 0.5) is 0 Å². The Hall–Kier alpha value is -0.0800. The van der Waals surface area contributed by atoms with Gasteiger partial charge in [-0.1, -0.05) is 20.8 Å². The molecule has 0 atom stereocenters. The topological polar surface area (TPSA) is 21.3 Å². The third kappa shape index (κ3) is 4.10. The molecular formula is C11H23NO. The van der Waals surface area contributed by atoms with Gasteiger partial charge in [0.2, 0.25) is 0 Å². The fraction of sp³-hybridized carbons (Fsp3) is 1.00. The SMILES string of the molecule is CCCNC1CC(OCC(C)C)C1. The quantitative estimate of drug-likeness (QED) is 0.685. The predicted octanol–water partition coefficient (Wildman–Crippen LogP) is 2.19. The monoisotopic (exact) mass is 185 g/mol. The minimum absolute atomic E-state index is 0.539. The van der Waals surface area contributed by atoms with Gasteiger partial charge in [0.15, 0.2) is 0 Å². The zero-order chi connectivity index (χ0) is 9.68. The average Bonchev–Trinajstić information content (AvgIpc) is 2.00. The number of rotatable bonds is 6. The molecule has 0 aliphatic heterocycles. The van der Waals surface area contributed by atoms with E-state index in [1.807, 2.05) is 0 Å². The van der Waals surface area contributed by atoms with Gasteiger partial charge in [0.1, 0.15) is 0 Å². The van der Waals surface area contributed by atoms with Crippen molar-refractivity contribution in [3.8, 4) is 0 Å². The number of ether oxygens (including phenoxy) is 1. The average molecular weight is 185 g/mol. The first kappa shape index (κ1) is 11.0. The van der Waals surface area contributed by atoms with Crippen molar-refractivity contribution in [1.82, 2.24) is 5.32 Å². The van der Waals surface area contributed by atoms with Crippen molar-refractivity contribution < 1.29 is 4.74 Å². The van der Waals surface area contributed by atoms with Crippen LogP contribution in [-0.4, -0.2) is 25.3 Å². The Kier molecular flexibility index (Phi) is 4.74. The normalized spacial score (nSPS) is 27.7. The van der Waals surface area contributed by atoms with Crippen LogP contribution in [0.5, 0.6) is 0 Å². The molecule has 0 amide bonds. The molecule has 1 aliphatic rings. The second-order valence-electron chi connectivity index (χ2n) is 4.47. The molecule has 0 aromatic rings. The lowest BCUT2D eigenvalue weighted by atomic mass is 9.89. The van der Waals surface area contributed by atoms with Gasteiger partial charge in [-0.25, -0.2) is 0 Å². The molecule has 0 unspecified atom stereocenters. The third-order valence-electron chi connectivity index (χ3n) is 2.44. The van der Waals surface area contributed by atoms with Gasteiger partial charge in [-0.3, -0.25) is 0 Å². The van der Waals surface area contributed by atoms with Crippen LogP contribution in [0.15, 0.2) is 0 Å². The standard InChI is InChI=1S/C11H23NO/c1-4-5-12-10-6-11(7-10)13-8-9(2)3/h9-12H,4-8H2,1-3H3. The zero-order valence-electron chi connectivity index (χ0n) is 9.18. The molecule has 1 rings (SSSR count). The highest BCUT2D eigenvalue weighted by atomic mass is 16.5. The van der Waals surface area contributed by atoms with Crippen LogP contribution >= 0.6 is 0 Å². The largest absolute Gasteiger partial charge is 0.378 e. The molecule has 0 saturated heterocycles.